The summed E-state index contributed by atoms with van der Waals surface area (Å²) in [7, 11) is 1.72. The second kappa shape index (κ2) is 6.60. The quantitative estimate of drug-likeness (QED) is 0.921. The maximum atomic E-state index is 5.19. The number of rotatable bonds is 3. The van der Waals surface area contributed by atoms with Gasteiger partial charge in [0.1, 0.15) is 5.75 Å². The molecule has 4 heteroatoms. The molecule has 0 spiro atoms. The molecule has 2 fully saturated rings. The molecular weight excluding hydrogens is 260 g/mol. The van der Waals surface area contributed by atoms with Crippen LogP contribution in [-0.2, 0) is 6.54 Å². The fraction of sp³-hybridized carbons (Fsp3) is 0.600. The monoisotopic (exact) mass is 282 g/mol. The molecule has 2 heterocycles. The summed E-state index contributed by atoms with van der Waals surface area (Å²) in [5.41, 5.74) is 1.39. The van der Waals surface area contributed by atoms with Crippen molar-refractivity contribution < 1.29 is 4.74 Å². The second-order valence-electron chi connectivity index (χ2n) is 5.48. The van der Waals surface area contributed by atoms with E-state index >= 15 is 0 Å². The van der Waals surface area contributed by atoms with Crippen LogP contribution in [0.2, 0.25) is 0 Å². The molecule has 0 bridgehead atoms. The van der Waals surface area contributed by atoms with Crippen molar-refractivity contribution in [2.24, 2.45) is 5.92 Å². The first-order valence-corrected chi connectivity index (χ1v) is 6.94. The van der Waals surface area contributed by atoms with E-state index in [2.05, 4.69) is 34.5 Å². The number of nitrogens with one attached hydrogen (secondary N) is 1. The van der Waals surface area contributed by atoms with E-state index < -0.39 is 0 Å². The fourth-order valence-electron chi connectivity index (χ4n) is 3.26. The van der Waals surface area contributed by atoms with Crippen LogP contribution < -0.4 is 10.1 Å². The Bertz CT molecular complexity index is 396. The van der Waals surface area contributed by atoms with Crippen molar-refractivity contribution in [3.05, 3.63) is 29.8 Å². The van der Waals surface area contributed by atoms with Crippen molar-refractivity contribution >= 4 is 12.4 Å². The highest BCUT2D eigenvalue weighted by molar-refractivity contribution is 5.85. The SMILES string of the molecule is COc1ccc(CN2CCC3NCCC3C2)cc1.Cl. The molecule has 0 amide bonds. The van der Waals surface area contributed by atoms with Crippen molar-refractivity contribution in [1.82, 2.24) is 10.2 Å². The summed E-state index contributed by atoms with van der Waals surface area (Å²) >= 11 is 0. The van der Waals surface area contributed by atoms with E-state index in [1.807, 2.05) is 0 Å². The third-order valence-electron chi connectivity index (χ3n) is 4.30. The van der Waals surface area contributed by atoms with Crippen molar-refractivity contribution in [3.63, 3.8) is 0 Å². The van der Waals surface area contributed by atoms with Crippen LogP contribution in [0.4, 0.5) is 0 Å². The molecule has 3 rings (SSSR count). The minimum absolute atomic E-state index is 0. The number of likely N-dealkylation sites (tertiary alicyclic amines) is 1. The third kappa shape index (κ3) is 3.41. The van der Waals surface area contributed by atoms with Gasteiger partial charge in [0.05, 0.1) is 7.11 Å². The second-order valence-corrected chi connectivity index (χ2v) is 5.48. The van der Waals surface area contributed by atoms with Gasteiger partial charge in [-0.1, -0.05) is 12.1 Å². The Hall–Kier alpha value is -0.770. The van der Waals surface area contributed by atoms with Gasteiger partial charge < -0.3 is 10.1 Å². The Morgan fingerprint density at radius 3 is 2.79 bits per heavy atom. The lowest BCUT2D eigenvalue weighted by Crippen LogP contribution is -2.43. The zero-order chi connectivity index (χ0) is 12.4. The average molecular weight is 283 g/mol. The van der Waals surface area contributed by atoms with Gasteiger partial charge in [0, 0.05) is 19.1 Å². The molecule has 2 unspecified atom stereocenters. The maximum Gasteiger partial charge on any atom is 0.118 e. The molecule has 2 atom stereocenters. The predicted octanol–water partition coefficient (Wildman–Crippen LogP) is 2.30. The Balaban J connectivity index is 0.00000133. The summed E-state index contributed by atoms with van der Waals surface area (Å²) in [5.74, 6) is 1.81. The van der Waals surface area contributed by atoms with E-state index in [4.69, 9.17) is 4.74 Å². The van der Waals surface area contributed by atoms with Gasteiger partial charge in [0.2, 0.25) is 0 Å². The Morgan fingerprint density at radius 1 is 1.26 bits per heavy atom. The van der Waals surface area contributed by atoms with Crippen LogP contribution in [0.3, 0.4) is 0 Å². The molecule has 0 aliphatic carbocycles. The van der Waals surface area contributed by atoms with Crippen LogP contribution in [0, 0.1) is 5.92 Å². The summed E-state index contributed by atoms with van der Waals surface area (Å²) in [6.45, 7) is 4.77. The van der Waals surface area contributed by atoms with Gasteiger partial charge in [0.15, 0.2) is 0 Å². The lowest BCUT2D eigenvalue weighted by Gasteiger charge is -2.34. The summed E-state index contributed by atoms with van der Waals surface area (Å²) in [4.78, 5) is 2.59. The fourth-order valence-corrected chi connectivity index (χ4v) is 3.26. The summed E-state index contributed by atoms with van der Waals surface area (Å²) < 4.78 is 5.19. The number of piperidine rings is 1. The van der Waals surface area contributed by atoms with Crippen LogP contribution in [0.25, 0.3) is 0 Å². The van der Waals surface area contributed by atoms with Crippen LogP contribution in [0.1, 0.15) is 18.4 Å². The normalized spacial score (nSPS) is 26.6. The minimum atomic E-state index is 0. The third-order valence-corrected chi connectivity index (χ3v) is 4.30. The van der Waals surface area contributed by atoms with Crippen LogP contribution in [0.5, 0.6) is 5.75 Å². The van der Waals surface area contributed by atoms with Crippen molar-refractivity contribution in [1.29, 1.82) is 0 Å². The Labute approximate surface area is 121 Å². The number of hydrogen-bond donors (Lipinski definition) is 1. The standard InChI is InChI=1S/C15H22N2O.ClH/c1-18-14-4-2-12(3-5-14)10-17-9-7-15-13(11-17)6-8-16-15;/h2-5,13,15-16H,6-11H2,1H3;1H. The molecule has 3 nitrogen and oxygen atoms in total. The maximum absolute atomic E-state index is 5.19. The highest BCUT2D eigenvalue weighted by Gasteiger charge is 2.32. The van der Waals surface area contributed by atoms with E-state index in [1.165, 1.54) is 38.0 Å². The molecule has 2 aliphatic heterocycles. The number of nitrogens with zero attached hydrogens (tertiary/aromatic N) is 1. The molecule has 0 saturated carbocycles. The Kier molecular flexibility index (Phi) is 5.08. The highest BCUT2D eigenvalue weighted by Crippen LogP contribution is 2.25. The Morgan fingerprint density at radius 2 is 2.05 bits per heavy atom. The van der Waals surface area contributed by atoms with Gasteiger partial charge in [-0.2, -0.15) is 0 Å². The van der Waals surface area contributed by atoms with E-state index in [1.54, 1.807) is 7.11 Å². The molecular formula is C15H23ClN2O. The zero-order valence-electron chi connectivity index (χ0n) is 11.5. The number of hydrogen-bond acceptors (Lipinski definition) is 3. The molecule has 0 radical (unpaired) electrons. The van der Waals surface area contributed by atoms with Crippen LogP contribution in [-0.4, -0.2) is 37.7 Å². The van der Waals surface area contributed by atoms with Gasteiger partial charge in [-0.15, -0.1) is 12.4 Å². The minimum Gasteiger partial charge on any atom is -0.497 e. The smallest absolute Gasteiger partial charge is 0.118 e. The largest absolute Gasteiger partial charge is 0.497 e. The summed E-state index contributed by atoms with van der Waals surface area (Å²) in [5, 5.41) is 3.61. The predicted molar refractivity (Wildman–Crippen MR) is 80.0 cm³/mol. The van der Waals surface area contributed by atoms with E-state index in [-0.39, 0.29) is 12.4 Å². The molecule has 0 aromatic heterocycles. The first-order chi connectivity index (χ1) is 8.85. The molecule has 2 saturated heterocycles. The average Bonchev–Trinajstić information content (AvgIpc) is 2.87. The van der Waals surface area contributed by atoms with E-state index in [0.717, 1.165) is 24.3 Å². The van der Waals surface area contributed by atoms with E-state index in [0.29, 0.717) is 0 Å². The molecule has 1 aromatic rings. The van der Waals surface area contributed by atoms with Gasteiger partial charge >= 0.3 is 0 Å². The molecule has 19 heavy (non-hydrogen) atoms. The molecule has 106 valence electrons. The van der Waals surface area contributed by atoms with Crippen LogP contribution in [0.15, 0.2) is 24.3 Å². The molecule has 1 aromatic carbocycles. The summed E-state index contributed by atoms with van der Waals surface area (Å²) in [6, 6.07) is 9.26. The van der Waals surface area contributed by atoms with Gasteiger partial charge in [0.25, 0.3) is 0 Å². The first kappa shape index (κ1) is 14.6. The number of halogens is 1. The van der Waals surface area contributed by atoms with Crippen molar-refractivity contribution in [3.8, 4) is 5.75 Å². The topological polar surface area (TPSA) is 24.5 Å². The molecule has 1 N–H and O–H groups in total. The number of fused-ring (bicyclic) bond motifs is 1. The number of benzene rings is 1. The van der Waals surface area contributed by atoms with Crippen molar-refractivity contribution in [2.75, 3.05) is 26.7 Å². The number of methoxy groups -OCH3 is 1. The lowest BCUT2D eigenvalue weighted by molar-refractivity contribution is 0.156. The van der Waals surface area contributed by atoms with Gasteiger partial charge in [-0.3, -0.25) is 4.90 Å². The van der Waals surface area contributed by atoms with Gasteiger partial charge in [-0.25, -0.2) is 0 Å². The zero-order valence-corrected chi connectivity index (χ0v) is 12.3. The highest BCUT2D eigenvalue weighted by atomic mass is 35.5. The molecule has 2 aliphatic rings. The number of ether oxygens (including phenoxy) is 1. The van der Waals surface area contributed by atoms with Crippen LogP contribution >= 0.6 is 12.4 Å². The van der Waals surface area contributed by atoms with Gasteiger partial charge in [-0.05, 0) is 49.5 Å². The summed E-state index contributed by atoms with van der Waals surface area (Å²) in [6.07, 6.45) is 2.66. The lowest BCUT2D eigenvalue weighted by atomic mass is 9.93. The van der Waals surface area contributed by atoms with Crippen molar-refractivity contribution in [2.45, 2.75) is 25.4 Å². The van der Waals surface area contributed by atoms with E-state index in [9.17, 15) is 0 Å². The first-order valence-electron chi connectivity index (χ1n) is 6.94.